The maximum atomic E-state index is 12.6. The average molecular weight is 470 g/mol. The molecule has 35 heavy (non-hydrogen) atoms. The second-order valence-electron chi connectivity index (χ2n) is 10.9. The smallest absolute Gasteiger partial charge is 0.482 e. The van der Waals surface area contributed by atoms with Gasteiger partial charge in [0.1, 0.15) is 12.2 Å². The highest BCUT2D eigenvalue weighted by atomic mass is 16.7. The molecule has 6 heteroatoms. The quantitative estimate of drug-likeness (QED) is 0.318. The van der Waals surface area contributed by atoms with E-state index in [9.17, 15) is 9.90 Å². The third-order valence-corrected chi connectivity index (χ3v) is 9.58. The van der Waals surface area contributed by atoms with Crippen LogP contribution in [0.5, 0.6) is 11.5 Å². The number of hydrogen-bond donors (Lipinski definition) is 1. The van der Waals surface area contributed by atoms with Crippen molar-refractivity contribution in [2.24, 2.45) is 5.92 Å². The number of benzene rings is 2. The first-order valence-corrected chi connectivity index (χ1v) is 12.6. The van der Waals surface area contributed by atoms with Gasteiger partial charge in [0.2, 0.25) is 0 Å². The first kappa shape index (κ1) is 20.1. The molecule has 7 unspecified atom stereocenters. The zero-order chi connectivity index (χ0) is 23.5. The fraction of sp³-hybridized carbons (Fsp3) is 0.414. The number of rotatable bonds is 4. The van der Waals surface area contributed by atoms with Gasteiger partial charge in [-0.05, 0) is 49.1 Å². The predicted octanol–water partition coefficient (Wildman–Crippen LogP) is 3.79. The molecule has 7 atom stereocenters. The highest BCUT2D eigenvalue weighted by Gasteiger charge is 2.84. The normalized spacial score (nSPS) is 37.7. The molecule has 4 aliphatic carbocycles. The van der Waals surface area contributed by atoms with Crippen LogP contribution in [0.25, 0.3) is 0 Å². The van der Waals surface area contributed by atoms with Gasteiger partial charge in [0.15, 0.2) is 11.5 Å². The Hall–Kier alpha value is -3.09. The molecule has 0 aromatic heterocycles. The Bertz CT molecular complexity index is 1360. The number of likely N-dealkylation sites (tertiary alicyclic amines) is 1. The van der Waals surface area contributed by atoms with Crippen molar-refractivity contribution < 1.29 is 24.1 Å². The van der Waals surface area contributed by atoms with Crippen LogP contribution in [0.2, 0.25) is 0 Å². The summed E-state index contributed by atoms with van der Waals surface area (Å²) in [5.74, 6) is 1.31. The summed E-state index contributed by atoms with van der Waals surface area (Å²) in [6.45, 7) is 0.279. The molecule has 8 rings (SSSR count). The van der Waals surface area contributed by atoms with Gasteiger partial charge in [-0.3, -0.25) is 4.90 Å². The van der Waals surface area contributed by atoms with E-state index in [1.165, 1.54) is 22.3 Å². The minimum atomic E-state index is -0.716. The van der Waals surface area contributed by atoms with E-state index < -0.39 is 12.3 Å². The minimum absolute atomic E-state index is 0.0244. The minimum Gasteiger partial charge on any atom is -0.482 e. The molecule has 6 nitrogen and oxygen atoms in total. The van der Waals surface area contributed by atoms with Crippen molar-refractivity contribution in [3.63, 3.8) is 0 Å². The van der Waals surface area contributed by atoms with Gasteiger partial charge in [-0.1, -0.05) is 54.1 Å². The second kappa shape index (κ2) is 6.56. The van der Waals surface area contributed by atoms with Gasteiger partial charge in [0.25, 0.3) is 0 Å². The Morgan fingerprint density at radius 1 is 1.20 bits per heavy atom. The Labute approximate surface area is 203 Å². The number of carbonyl (C=O) groups excluding carboxylic acids is 1. The van der Waals surface area contributed by atoms with E-state index >= 15 is 0 Å². The summed E-state index contributed by atoms with van der Waals surface area (Å²) in [4.78, 5) is 15.1. The lowest BCUT2D eigenvalue weighted by atomic mass is 9.64. The lowest BCUT2D eigenvalue weighted by molar-refractivity contribution is 0.00580. The molecule has 1 saturated heterocycles. The Kier molecular flexibility index (Phi) is 3.78. The lowest BCUT2D eigenvalue weighted by Crippen LogP contribution is -2.51. The first-order chi connectivity index (χ1) is 17.0. The highest BCUT2D eigenvalue weighted by Crippen LogP contribution is 2.80. The van der Waals surface area contributed by atoms with Crippen molar-refractivity contribution in [2.75, 3.05) is 13.7 Å². The maximum absolute atomic E-state index is 12.6. The van der Waals surface area contributed by atoms with Crippen molar-refractivity contribution in [1.82, 2.24) is 4.90 Å². The highest BCUT2D eigenvalue weighted by molar-refractivity contribution is 5.73. The molecule has 2 heterocycles. The Balaban J connectivity index is 1.00. The molecule has 2 aromatic rings. The van der Waals surface area contributed by atoms with Crippen molar-refractivity contribution in [3.05, 3.63) is 82.5 Å². The number of nitrogens with zero attached hydrogens (tertiary/aromatic N) is 1. The van der Waals surface area contributed by atoms with Gasteiger partial charge < -0.3 is 19.3 Å². The number of fused-ring (bicyclic) bond motifs is 2. The summed E-state index contributed by atoms with van der Waals surface area (Å²) in [6, 6.07) is 12.8. The van der Waals surface area contributed by atoms with Crippen molar-refractivity contribution in [3.8, 4) is 11.5 Å². The number of aliphatic hydroxyl groups excluding tert-OH is 1. The van der Waals surface area contributed by atoms with Crippen LogP contribution < -0.4 is 9.47 Å². The van der Waals surface area contributed by atoms with Crippen LogP contribution in [0.1, 0.15) is 35.1 Å². The third kappa shape index (κ3) is 2.35. The molecule has 178 valence electrons. The van der Waals surface area contributed by atoms with E-state index in [0.29, 0.717) is 29.9 Å². The third-order valence-electron chi connectivity index (χ3n) is 9.58. The number of hydrogen-bond acceptors (Lipinski definition) is 6. The number of aliphatic hydroxyl groups is 1. The van der Waals surface area contributed by atoms with Gasteiger partial charge in [0.05, 0.1) is 12.1 Å². The molecule has 2 spiro atoms. The zero-order valence-electron chi connectivity index (χ0n) is 19.6. The van der Waals surface area contributed by atoms with Crippen molar-refractivity contribution >= 4 is 6.16 Å². The number of likely N-dealkylation sites (N-methyl/N-ethyl adjacent to an activating group) is 1. The average Bonchev–Trinajstić information content (AvgIpc) is 3.16. The number of allylic oxidation sites excluding steroid dienone is 1. The molecule has 2 fully saturated rings. The standard InChI is InChI=1S/C29H27NO5/c1-30-25-20-8-10-21(31)26-28(20)15-29(25,30)19-9-11-22(24(35-26)23(19)28)34-27(32)33-13-12-16-6-7-17-4-2-3-5-18(17)14-16/h2-6,8-11,20-21,25-26,31H,7,12-15H2,1H3. The van der Waals surface area contributed by atoms with E-state index in [-0.39, 0.29) is 23.7 Å². The van der Waals surface area contributed by atoms with Crippen molar-refractivity contribution in [2.45, 2.75) is 54.9 Å². The summed E-state index contributed by atoms with van der Waals surface area (Å²) in [5.41, 5.74) is 6.19. The summed E-state index contributed by atoms with van der Waals surface area (Å²) in [7, 11) is 2.18. The lowest BCUT2D eigenvalue weighted by Gasteiger charge is -2.40. The zero-order valence-corrected chi connectivity index (χ0v) is 19.6. The SMILES string of the molecule is CN1C2C3C=CC(O)C4Oc5c(OC(=O)OCCC6=CCc7ccccc7C6)ccc6c5C34CC621. The van der Waals surface area contributed by atoms with Gasteiger partial charge >= 0.3 is 6.16 Å². The first-order valence-electron chi connectivity index (χ1n) is 12.6. The molecule has 0 radical (unpaired) electrons. The van der Waals surface area contributed by atoms with Crippen LogP contribution in [0, 0.1) is 5.92 Å². The summed E-state index contributed by atoms with van der Waals surface area (Å²) in [6.07, 6.45) is 8.03. The predicted molar refractivity (Wildman–Crippen MR) is 128 cm³/mol. The molecule has 2 aromatic carbocycles. The largest absolute Gasteiger partial charge is 0.513 e. The van der Waals surface area contributed by atoms with E-state index in [2.05, 4.69) is 54.4 Å². The monoisotopic (exact) mass is 469 g/mol. The van der Waals surface area contributed by atoms with Crippen molar-refractivity contribution in [1.29, 1.82) is 0 Å². The van der Waals surface area contributed by atoms with Crippen LogP contribution >= 0.6 is 0 Å². The molecule has 2 aliphatic heterocycles. The molecule has 2 bridgehead atoms. The van der Waals surface area contributed by atoms with Gasteiger partial charge in [-0.25, -0.2) is 4.79 Å². The summed E-state index contributed by atoms with van der Waals surface area (Å²) >= 11 is 0. The molecule has 0 amide bonds. The van der Waals surface area contributed by atoms with E-state index in [4.69, 9.17) is 14.2 Å². The van der Waals surface area contributed by atoms with Crippen LogP contribution in [0.15, 0.2) is 60.2 Å². The summed E-state index contributed by atoms with van der Waals surface area (Å²) < 4.78 is 17.5. The number of carbonyl (C=O) groups is 1. The number of piperidine rings is 1. The maximum Gasteiger partial charge on any atom is 0.513 e. The van der Waals surface area contributed by atoms with Crippen LogP contribution in [0.3, 0.4) is 0 Å². The van der Waals surface area contributed by atoms with Gasteiger partial charge in [-0.15, -0.1) is 0 Å². The Morgan fingerprint density at radius 2 is 2.06 bits per heavy atom. The van der Waals surface area contributed by atoms with Crippen LogP contribution in [-0.4, -0.2) is 48.1 Å². The molecule has 1 saturated carbocycles. The van der Waals surface area contributed by atoms with E-state index in [1.54, 1.807) is 0 Å². The fourth-order valence-corrected chi connectivity index (χ4v) is 8.12. The van der Waals surface area contributed by atoms with Gasteiger partial charge in [0, 0.05) is 29.4 Å². The van der Waals surface area contributed by atoms with Crippen LogP contribution in [0.4, 0.5) is 4.79 Å². The van der Waals surface area contributed by atoms with E-state index in [0.717, 1.165) is 24.8 Å². The fourth-order valence-electron chi connectivity index (χ4n) is 8.12. The summed E-state index contributed by atoms with van der Waals surface area (Å²) in [5, 5.41) is 10.8. The topological polar surface area (TPSA) is 68.0 Å². The molecule has 1 N–H and O–H groups in total. The molecular weight excluding hydrogens is 442 g/mol. The molecule has 6 aliphatic rings. The second-order valence-corrected chi connectivity index (χ2v) is 10.9. The number of ether oxygens (including phenoxy) is 3. The Morgan fingerprint density at radius 3 is 2.94 bits per heavy atom. The molecular formula is C29H27NO5. The van der Waals surface area contributed by atoms with Gasteiger partial charge in [-0.2, -0.15) is 0 Å². The van der Waals surface area contributed by atoms with E-state index in [1.807, 2.05) is 12.1 Å². The van der Waals surface area contributed by atoms with Crippen LogP contribution in [-0.2, 0) is 28.5 Å².